The molecular weight excluding hydrogens is 236 g/mol. The van der Waals surface area contributed by atoms with Crippen LogP contribution in [0, 0.1) is 0 Å². The number of unbranched alkanes of at least 4 members (excludes halogenated alkanes) is 1. The first kappa shape index (κ1) is 14.2. The van der Waals surface area contributed by atoms with E-state index in [1.807, 2.05) is 6.92 Å². The van der Waals surface area contributed by atoms with Crippen molar-refractivity contribution in [3.63, 3.8) is 0 Å². The summed E-state index contributed by atoms with van der Waals surface area (Å²) in [4.78, 5) is 16.7. The summed E-state index contributed by atoms with van der Waals surface area (Å²) in [5.41, 5.74) is 0. The van der Waals surface area contributed by atoms with Gasteiger partial charge in [-0.3, -0.25) is 4.52 Å². The van der Waals surface area contributed by atoms with Crippen LogP contribution in [0.1, 0.15) is 19.8 Å². The Morgan fingerprint density at radius 2 is 1.93 bits per heavy atom. The van der Waals surface area contributed by atoms with Crippen LogP contribution in [0.5, 0.6) is 0 Å². The number of rotatable bonds is 7. The predicted molar refractivity (Wildman–Crippen MR) is 46.9 cm³/mol. The van der Waals surface area contributed by atoms with E-state index in [1.165, 1.54) is 0 Å². The Kier molecular flexibility index (Phi) is 6.04. The molecule has 0 bridgehead atoms. The Morgan fingerprint density at radius 3 is 2.29 bits per heavy atom. The summed E-state index contributed by atoms with van der Waals surface area (Å²) < 4.78 is 33.6. The number of nitrogens with two attached hydrogens (primary N) is 1. The van der Waals surface area contributed by atoms with E-state index < -0.39 is 15.6 Å². The van der Waals surface area contributed by atoms with Gasteiger partial charge in [-0.1, -0.05) is 13.3 Å². The van der Waals surface area contributed by atoms with Gasteiger partial charge < -0.3 is 9.79 Å². The van der Waals surface area contributed by atoms with Gasteiger partial charge in [-0.2, -0.15) is 4.31 Å². The summed E-state index contributed by atoms with van der Waals surface area (Å²) >= 11 is 0. The first-order valence-corrected chi connectivity index (χ1v) is 6.72. The maximum absolute atomic E-state index is 11.2. The molecule has 0 amide bonds. The van der Waals surface area contributed by atoms with Crippen LogP contribution in [0.2, 0.25) is 0 Å². The Bertz CT molecular complexity index is 250. The lowest BCUT2D eigenvalue weighted by atomic mass is 10.4. The molecule has 0 saturated carbocycles. The third-order valence-electron chi connectivity index (χ3n) is 1.08. The van der Waals surface area contributed by atoms with Gasteiger partial charge in [0.1, 0.15) is 0 Å². The van der Waals surface area contributed by atoms with Crippen LogP contribution in [-0.2, 0) is 22.6 Å². The molecular formula is C4H13NO7P2. The Balaban J connectivity index is 4.20. The fraction of sp³-hybridized carbons (Fsp3) is 1.00. The molecule has 0 aliphatic carbocycles. The highest BCUT2D eigenvalue weighted by Crippen LogP contribution is 2.60. The van der Waals surface area contributed by atoms with Crippen molar-refractivity contribution in [2.24, 2.45) is 5.90 Å². The standard InChI is InChI=1S/C4H13NO7P2/c1-2-3-4-10-14(9,11-5)12-13(6,7)8/h2-5H2,1H3,(H2,6,7,8). The van der Waals surface area contributed by atoms with Crippen molar-refractivity contribution in [1.29, 1.82) is 0 Å². The van der Waals surface area contributed by atoms with E-state index in [4.69, 9.17) is 9.79 Å². The molecule has 4 N–H and O–H groups in total. The molecule has 0 fully saturated rings. The first-order valence-electron chi connectivity index (χ1n) is 3.73. The van der Waals surface area contributed by atoms with Crippen molar-refractivity contribution in [3.05, 3.63) is 0 Å². The molecule has 0 heterocycles. The summed E-state index contributed by atoms with van der Waals surface area (Å²) in [7, 11) is -9.28. The third kappa shape index (κ3) is 6.64. The van der Waals surface area contributed by atoms with Crippen LogP contribution in [-0.4, -0.2) is 16.4 Å². The SMILES string of the molecule is CCCCOP(=O)(ON)OP(=O)(O)O. The lowest BCUT2D eigenvalue weighted by Crippen LogP contribution is -2.04. The zero-order valence-electron chi connectivity index (χ0n) is 7.53. The first-order chi connectivity index (χ1) is 6.33. The summed E-state index contributed by atoms with van der Waals surface area (Å²) in [5.74, 6) is 4.54. The number of hydrogen-bond acceptors (Lipinski definition) is 6. The normalized spacial score (nSPS) is 16.6. The van der Waals surface area contributed by atoms with Gasteiger partial charge in [-0.15, -0.1) is 0 Å². The molecule has 0 aromatic rings. The van der Waals surface area contributed by atoms with Gasteiger partial charge in [0.05, 0.1) is 6.61 Å². The largest absolute Gasteiger partial charge is 0.500 e. The summed E-state index contributed by atoms with van der Waals surface area (Å²) in [6, 6.07) is 0. The van der Waals surface area contributed by atoms with Crippen molar-refractivity contribution in [3.8, 4) is 0 Å². The molecule has 0 aliphatic rings. The summed E-state index contributed by atoms with van der Waals surface area (Å²) in [6.45, 7) is 1.83. The fourth-order valence-corrected chi connectivity index (χ4v) is 2.32. The molecule has 0 aliphatic heterocycles. The molecule has 0 spiro atoms. The zero-order valence-corrected chi connectivity index (χ0v) is 9.32. The molecule has 0 rings (SSSR count). The van der Waals surface area contributed by atoms with Gasteiger partial charge in [0.2, 0.25) is 0 Å². The second kappa shape index (κ2) is 5.95. The van der Waals surface area contributed by atoms with E-state index in [2.05, 4.69) is 19.4 Å². The average Bonchev–Trinajstić information content (AvgIpc) is 2.02. The molecule has 1 atom stereocenters. The summed E-state index contributed by atoms with van der Waals surface area (Å²) in [6.07, 6.45) is 1.29. The third-order valence-corrected chi connectivity index (χ3v) is 3.49. The van der Waals surface area contributed by atoms with E-state index in [-0.39, 0.29) is 6.61 Å². The Hall–Kier alpha value is 0.220. The van der Waals surface area contributed by atoms with Gasteiger partial charge in [0.15, 0.2) is 0 Å². The highest BCUT2D eigenvalue weighted by atomic mass is 31.3. The lowest BCUT2D eigenvalue weighted by molar-refractivity contribution is 0.139. The van der Waals surface area contributed by atoms with Crippen molar-refractivity contribution in [2.75, 3.05) is 6.61 Å². The van der Waals surface area contributed by atoms with Gasteiger partial charge >= 0.3 is 15.6 Å². The molecule has 0 saturated heterocycles. The van der Waals surface area contributed by atoms with Crippen LogP contribution in [0.3, 0.4) is 0 Å². The molecule has 1 unspecified atom stereocenters. The Labute approximate surface area is 81.2 Å². The average molecular weight is 249 g/mol. The Morgan fingerprint density at radius 1 is 1.36 bits per heavy atom. The molecule has 0 aromatic carbocycles. The van der Waals surface area contributed by atoms with Crippen LogP contribution in [0.15, 0.2) is 0 Å². The molecule has 10 heteroatoms. The molecule has 86 valence electrons. The minimum atomic E-state index is -4.95. The summed E-state index contributed by atoms with van der Waals surface area (Å²) in [5, 5.41) is 0. The second-order valence-electron chi connectivity index (χ2n) is 2.31. The number of phosphoric acid groups is 2. The number of hydrogen-bond donors (Lipinski definition) is 3. The van der Waals surface area contributed by atoms with E-state index in [9.17, 15) is 9.13 Å². The maximum atomic E-state index is 11.2. The zero-order chi connectivity index (χ0) is 11.2. The minimum Gasteiger partial charge on any atom is -0.302 e. The van der Waals surface area contributed by atoms with E-state index in [0.29, 0.717) is 6.42 Å². The van der Waals surface area contributed by atoms with E-state index in [1.54, 1.807) is 0 Å². The van der Waals surface area contributed by atoms with E-state index >= 15 is 0 Å². The van der Waals surface area contributed by atoms with Gasteiger partial charge in [0.25, 0.3) is 0 Å². The van der Waals surface area contributed by atoms with Crippen LogP contribution in [0.25, 0.3) is 0 Å². The predicted octanol–water partition coefficient (Wildman–Crippen LogP) is 0.911. The van der Waals surface area contributed by atoms with Crippen LogP contribution >= 0.6 is 15.6 Å². The van der Waals surface area contributed by atoms with Crippen molar-refractivity contribution in [2.45, 2.75) is 19.8 Å². The van der Waals surface area contributed by atoms with Crippen molar-refractivity contribution in [1.82, 2.24) is 0 Å². The molecule has 14 heavy (non-hydrogen) atoms. The topological polar surface area (TPSA) is 128 Å². The smallest absolute Gasteiger partial charge is 0.302 e. The molecule has 0 radical (unpaired) electrons. The fourth-order valence-electron chi connectivity index (χ4n) is 0.524. The van der Waals surface area contributed by atoms with Crippen molar-refractivity contribution < 1.29 is 32.4 Å². The maximum Gasteiger partial charge on any atom is 0.500 e. The highest BCUT2D eigenvalue weighted by molar-refractivity contribution is 7.61. The highest BCUT2D eigenvalue weighted by Gasteiger charge is 2.35. The van der Waals surface area contributed by atoms with E-state index in [0.717, 1.165) is 6.42 Å². The quantitative estimate of drug-likeness (QED) is 0.345. The second-order valence-corrected chi connectivity index (χ2v) is 5.31. The monoisotopic (exact) mass is 249 g/mol. The van der Waals surface area contributed by atoms with Crippen LogP contribution < -0.4 is 5.90 Å². The van der Waals surface area contributed by atoms with Crippen LogP contribution in [0.4, 0.5) is 0 Å². The van der Waals surface area contributed by atoms with Gasteiger partial charge in [0, 0.05) is 0 Å². The van der Waals surface area contributed by atoms with Gasteiger partial charge in [-0.25, -0.2) is 19.7 Å². The minimum absolute atomic E-state index is 0.0228. The molecule has 8 nitrogen and oxygen atoms in total. The van der Waals surface area contributed by atoms with Crippen molar-refractivity contribution >= 4 is 15.6 Å². The molecule has 0 aromatic heterocycles. The lowest BCUT2D eigenvalue weighted by Gasteiger charge is -2.14. The van der Waals surface area contributed by atoms with Gasteiger partial charge in [-0.05, 0) is 6.42 Å².